The zero-order chi connectivity index (χ0) is 14.4. The normalized spacial score (nSPS) is 18.8. The van der Waals surface area contributed by atoms with Crippen molar-refractivity contribution in [2.24, 2.45) is 0 Å². The van der Waals surface area contributed by atoms with E-state index < -0.39 is 0 Å². The summed E-state index contributed by atoms with van der Waals surface area (Å²) >= 11 is 0. The molecule has 2 aliphatic rings. The van der Waals surface area contributed by atoms with Crippen molar-refractivity contribution < 1.29 is 0 Å². The maximum atomic E-state index is 4.83. The van der Waals surface area contributed by atoms with Crippen molar-refractivity contribution in [3.63, 3.8) is 0 Å². The van der Waals surface area contributed by atoms with Crippen LogP contribution in [-0.2, 0) is 19.5 Å². The van der Waals surface area contributed by atoms with E-state index in [0.717, 1.165) is 31.9 Å². The Bertz CT molecular complexity index is 669. The van der Waals surface area contributed by atoms with Gasteiger partial charge in [-0.2, -0.15) is 0 Å². The van der Waals surface area contributed by atoms with Crippen molar-refractivity contribution in [3.05, 3.63) is 46.3 Å². The number of H-pyrrole nitrogens is 1. The summed E-state index contributed by atoms with van der Waals surface area (Å²) in [5.74, 6) is 1.71. The van der Waals surface area contributed by atoms with E-state index in [1.54, 1.807) is 0 Å². The molecule has 4 heteroatoms. The second kappa shape index (κ2) is 4.95. The third-order valence-electron chi connectivity index (χ3n) is 4.62. The van der Waals surface area contributed by atoms with Gasteiger partial charge in [0.15, 0.2) is 0 Å². The summed E-state index contributed by atoms with van der Waals surface area (Å²) in [6.07, 6.45) is 5.67. The molecule has 110 valence electrons. The van der Waals surface area contributed by atoms with E-state index in [1.807, 2.05) is 0 Å². The van der Waals surface area contributed by atoms with Gasteiger partial charge in [0.25, 0.3) is 0 Å². The van der Waals surface area contributed by atoms with Crippen LogP contribution < -0.4 is 0 Å². The lowest BCUT2D eigenvalue weighted by atomic mass is 10.1. The van der Waals surface area contributed by atoms with Crippen LogP contribution in [-0.4, -0.2) is 26.4 Å². The average molecular weight is 282 g/mol. The van der Waals surface area contributed by atoms with Crippen molar-refractivity contribution in [1.29, 1.82) is 0 Å². The van der Waals surface area contributed by atoms with Gasteiger partial charge >= 0.3 is 0 Å². The summed E-state index contributed by atoms with van der Waals surface area (Å²) in [5.41, 5.74) is 6.54. The van der Waals surface area contributed by atoms with E-state index in [-0.39, 0.29) is 0 Å². The Morgan fingerprint density at radius 3 is 2.90 bits per heavy atom. The van der Waals surface area contributed by atoms with Gasteiger partial charge in [0.1, 0.15) is 5.82 Å². The molecular formula is C17H22N4. The molecule has 0 bridgehead atoms. The van der Waals surface area contributed by atoms with Crippen LogP contribution in [0.3, 0.4) is 0 Å². The maximum absolute atomic E-state index is 4.83. The monoisotopic (exact) mass is 282 g/mol. The Labute approximate surface area is 125 Å². The number of hydrogen-bond acceptors (Lipinski definition) is 3. The van der Waals surface area contributed by atoms with E-state index in [9.17, 15) is 0 Å². The van der Waals surface area contributed by atoms with Crippen LogP contribution in [0.4, 0.5) is 0 Å². The Kier molecular flexibility index (Phi) is 3.07. The lowest BCUT2D eigenvalue weighted by Crippen LogP contribution is -2.31. The smallest absolute Gasteiger partial charge is 0.131 e. The SMILES string of the molecule is Cc1cc(C)c(CN2CCc3cnc(C4CC4)nc3C2)[nH]1. The lowest BCUT2D eigenvalue weighted by Gasteiger charge is -2.27. The molecule has 21 heavy (non-hydrogen) atoms. The number of aromatic nitrogens is 3. The minimum atomic E-state index is 0.638. The minimum absolute atomic E-state index is 0.638. The Morgan fingerprint density at radius 1 is 1.33 bits per heavy atom. The highest BCUT2D eigenvalue weighted by atomic mass is 15.1. The molecule has 2 aromatic rings. The summed E-state index contributed by atoms with van der Waals surface area (Å²) in [6, 6.07) is 2.22. The zero-order valence-electron chi connectivity index (χ0n) is 12.8. The van der Waals surface area contributed by atoms with E-state index in [1.165, 1.54) is 41.1 Å². The van der Waals surface area contributed by atoms with Crippen molar-refractivity contribution in [3.8, 4) is 0 Å². The Hall–Kier alpha value is -1.68. The predicted octanol–water partition coefficient (Wildman–Crippen LogP) is 2.86. The van der Waals surface area contributed by atoms with Gasteiger partial charge in [-0.15, -0.1) is 0 Å². The van der Waals surface area contributed by atoms with Crippen LogP contribution in [0, 0.1) is 13.8 Å². The fraction of sp³-hybridized carbons (Fsp3) is 0.529. The molecular weight excluding hydrogens is 260 g/mol. The fourth-order valence-electron chi connectivity index (χ4n) is 3.22. The Balaban J connectivity index is 1.52. The molecule has 4 nitrogen and oxygen atoms in total. The molecule has 1 fully saturated rings. The molecule has 0 radical (unpaired) electrons. The van der Waals surface area contributed by atoms with Crippen molar-refractivity contribution in [2.45, 2.75) is 52.1 Å². The van der Waals surface area contributed by atoms with E-state index >= 15 is 0 Å². The van der Waals surface area contributed by atoms with E-state index in [0.29, 0.717) is 5.92 Å². The quantitative estimate of drug-likeness (QED) is 0.941. The Morgan fingerprint density at radius 2 is 2.19 bits per heavy atom. The molecule has 0 unspecified atom stereocenters. The molecule has 0 spiro atoms. The summed E-state index contributed by atoms with van der Waals surface area (Å²) in [5, 5.41) is 0. The van der Waals surface area contributed by atoms with Gasteiger partial charge in [0.2, 0.25) is 0 Å². The van der Waals surface area contributed by atoms with Gasteiger partial charge in [0.05, 0.1) is 5.69 Å². The van der Waals surface area contributed by atoms with Crippen molar-refractivity contribution in [2.75, 3.05) is 6.54 Å². The first-order valence-electron chi connectivity index (χ1n) is 7.91. The molecule has 1 saturated carbocycles. The number of nitrogens with zero attached hydrogens (tertiary/aromatic N) is 3. The van der Waals surface area contributed by atoms with Gasteiger partial charge in [-0.25, -0.2) is 9.97 Å². The van der Waals surface area contributed by atoms with Crippen LogP contribution in [0.1, 0.15) is 52.8 Å². The third kappa shape index (κ3) is 2.60. The highest BCUT2D eigenvalue weighted by Gasteiger charge is 2.28. The number of fused-ring (bicyclic) bond motifs is 1. The standard InChI is InChI=1S/C17H22N4/c1-11-7-12(2)19-15(11)9-21-6-5-14-8-18-17(13-3-4-13)20-16(14)10-21/h7-8,13,19H,3-6,9-10H2,1-2H3. The number of aromatic amines is 1. The highest BCUT2D eigenvalue weighted by Crippen LogP contribution is 2.38. The molecule has 1 aliphatic heterocycles. The van der Waals surface area contributed by atoms with E-state index in [2.05, 4.69) is 41.0 Å². The van der Waals surface area contributed by atoms with Crippen LogP contribution in [0.2, 0.25) is 0 Å². The summed E-state index contributed by atoms with van der Waals surface area (Å²) in [4.78, 5) is 15.3. The maximum Gasteiger partial charge on any atom is 0.131 e. The molecule has 2 aromatic heterocycles. The van der Waals surface area contributed by atoms with Crippen LogP contribution in [0.15, 0.2) is 12.3 Å². The molecule has 1 N–H and O–H groups in total. The predicted molar refractivity (Wildman–Crippen MR) is 82.1 cm³/mol. The second-order valence-corrected chi connectivity index (χ2v) is 6.55. The molecule has 0 amide bonds. The molecule has 1 aliphatic carbocycles. The third-order valence-corrected chi connectivity index (χ3v) is 4.62. The summed E-state index contributed by atoms with van der Waals surface area (Å²) in [7, 11) is 0. The van der Waals surface area contributed by atoms with Crippen LogP contribution >= 0.6 is 0 Å². The molecule has 4 rings (SSSR count). The fourth-order valence-corrected chi connectivity index (χ4v) is 3.22. The van der Waals surface area contributed by atoms with Crippen molar-refractivity contribution in [1.82, 2.24) is 19.9 Å². The molecule has 3 heterocycles. The van der Waals surface area contributed by atoms with Gasteiger partial charge in [-0.1, -0.05) is 0 Å². The summed E-state index contributed by atoms with van der Waals surface area (Å²) < 4.78 is 0. The zero-order valence-corrected chi connectivity index (χ0v) is 12.8. The summed E-state index contributed by atoms with van der Waals surface area (Å²) in [6.45, 7) is 7.34. The number of rotatable bonds is 3. The lowest BCUT2D eigenvalue weighted by molar-refractivity contribution is 0.237. The topological polar surface area (TPSA) is 44.8 Å². The van der Waals surface area contributed by atoms with Crippen molar-refractivity contribution >= 4 is 0 Å². The average Bonchev–Trinajstić information content (AvgIpc) is 3.26. The number of nitrogens with one attached hydrogen (secondary N) is 1. The molecule has 0 aromatic carbocycles. The number of hydrogen-bond donors (Lipinski definition) is 1. The second-order valence-electron chi connectivity index (χ2n) is 6.55. The van der Waals surface area contributed by atoms with E-state index in [4.69, 9.17) is 4.98 Å². The highest BCUT2D eigenvalue weighted by molar-refractivity contribution is 5.25. The van der Waals surface area contributed by atoms with Gasteiger partial charge in [0, 0.05) is 43.1 Å². The first-order valence-corrected chi connectivity index (χ1v) is 7.91. The van der Waals surface area contributed by atoms with Gasteiger partial charge in [-0.3, -0.25) is 4.90 Å². The molecule has 0 saturated heterocycles. The van der Waals surface area contributed by atoms with Crippen LogP contribution in [0.5, 0.6) is 0 Å². The minimum Gasteiger partial charge on any atom is -0.361 e. The first-order chi connectivity index (χ1) is 10.2. The molecule has 0 atom stereocenters. The number of aryl methyl sites for hydroxylation is 2. The van der Waals surface area contributed by atoms with Crippen LogP contribution in [0.25, 0.3) is 0 Å². The largest absolute Gasteiger partial charge is 0.361 e. The van der Waals surface area contributed by atoms with Gasteiger partial charge < -0.3 is 4.98 Å². The van der Waals surface area contributed by atoms with Gasteiger partial charge in [-0.05, 0) is 50.3 Å². The first kappa shape index (κ1) is 13.0.